The third kappa shape index (κ3) is 7.30. The summed E-state index contributed by atoms with van der Waals surface area (Å²) in [5.41, 5.74) is 1.93. The molecule has 4 heterocycles. The lowest BCUT2D eigenvalue weighted by Crippen LogP contribution is -2.34. The zero-order valence-electron chi connectivity index (χ0n) is 22.2. The first kappa shape index (κ1) is 31.8. The zero-order chi connectivity index (χ0) is 29.4. The van der Waals surface area contributed by atoms with Crippen LogP contribution in [0.2, 0.25) is 5.02 Å². The highest BCUT2D eigenvalue weighted by Crippen LogP contribution is 2.31. The van der Waals surface area contributed by atoms with Crippen LogP contribution < -0.4 is 15.0 Å². The van der Waals surface area contributed by atoms with Crippen molar-refractivity contribution in [2.45, 2.75) is 51.8 Å². The fraction of sp³-hybridized carbons (Fsp3) is 0.480. The van der Waals surface area contributed by atoms with E-state index in [1.807, 2.05) is 26.3 Å². The summed E-state index contributed by atoms with van der Waals surface area (Å²) >= 11 is 10.0. The van der Waals surface area contributed by atoms with Gasteiger partial charge in [0.05, 0.1) is 31.4 Å². The number of pyridine rings is 1. The number of hydrogen-bond acceptors (Lipinski definition) is 10. The van der Waals surface area contributed by atoms with Crippen molar-refractivity contribution < 1.29 is 42.5 Å². The Balaban J connectivity index is 0.000000827. The van der Waals surface area contributed by atoms with Gasteiger partial charge in [-0.05, 0) is 24.0 Å². The number of thiol groups is 1. The quantitative estimate of drug-likeness (QED) is 0.235. The number of aromatic amines is 1. The van der Waals surface area contributed by atoms with E-state index in [2.05, 4.69) is 32.4 Å². The third-order valence-corrected chi connectivity index (χ3v) is 5.84. The van der Waals surface area contributed by atoms with Gasteiger partial charge >= 0.3 is 0 Å². The van der Waals surface area contributed by atoms with Crippen LogP contribution in [-0.4, -0.2) is 76.5 Å². The van der Waals surface area contributed by atoms with Crippen LogP contribution in [0.15, 0.2) is 18.2 Å². The maximum atomic E-state index is 14.4. The predicted molar refractivity (Wildman–Crippen MR) is 145 cm³/mol. The van der Waals surface area contributed by atoms with Gasteiger partial charge in [0.15, 0.2) is 11.8 Å². The number of ether oxygens (including phenoxy) is 4. The minimum absolute atomic E-state index is 0.0659. The number of nitrogens with one attached hydrogen (secondary N) is 2. The van der Waals surface area contributed by atoms with Crippen molar-refractivity contribution in [3.63, 3.8) is 0 Å². The number of H-pyrrole nitrogens is 1. The summed E-state index contributed by atoms with van der Waals surface area (Å²) < 4.78 is 51.1. The summed E-state index contributed by atoms with van der Waals surface area (Å²) in [6.45, 7) is 5.83. The first-order valence-electron chi connectivity index (χ1n) is 12.4. The number of aliphatic hydroxyl groups is 1. The van der Waals surface area contributed by atoms with Crippen molar-refractivity contribution in [3.05, 3.63) is 46.0 Å². The summed E-state index contributed by atoms with van der Waals surface area (Å²) in [6.07, 6.45) is -2.08. The Morgan fingerprint density at radius 2 is 1.85 bits per heavy atom. The van der Waals surface area contributed by atoms with Crippen LogP contribution in [0.4, 0.5) is 8.78 Å². The number of halogens is 3. The number of carbonyl (C=O) groups excluding carboxylic acids is 1. The van der Waals surface area contributed by atoms with Gasteiger partial charge in [0.1, 0.15) is 41.6 Å². The fourth-order valence-electron chi connectivity index (χ4n) is 3.89. The molecule has 1 aromatic carbocycles. The number of amides is 1. The van der Waals surface area contributed by atoms with E-state index in [-0.39, 0.29) is 41.3 Å². The lowest BCUT2D eigenvalue weighted by atomic mass is 10.1. The maximum Gasteiger partial charge on any atom is 0.296 e. The first-order chi connectivity index (χ1) is 19.2. The molecule has 0 spiro atoms. The van der Waals surface area contributed by atoms with E-state index >= 15 is 0 Å². The summed E-state index contributed by atoms with van der Waals surface area (Å²) in [7, 11) is 1.20. The standard InChI is InChI=1S/C21H19ClF2N4O7.C2H6S.C2H6/c1-31-28-19(30)8-2-11(23)9(12(24)3-8)5-34-20-10(22)4-13-18(26-20)27-21(25-13)35-15-7-33-16-14(29)6-32-17(15)16;1-2-3;1-2/h2-4,14-17,29H,5-7H2,1H3,(H,28,30)(H,25,26,27);3H,2H2,1H3;1-2H3/t14-,15-,16?,17-;;/m1../s1. The number of hydrogen-bond donors (Lipinski definition) is 4. The minimum Gasteiger partial charge on any atom is -0.471 e. The van der Waals surface area contributed by atoms with Gasteiger partial charge in [-0.1, -0.05) is 32.4 Å². The Morgan fingerprint density at radius 3 is 2.50 bits per heavy atom. The largest absolute Gasteiger partial charge is 0.471 e. The van der Waals surface area contributed by atoms with E-state index in [1.165, 1.54) is 13.2 Å². The Hall–Kier alpha value is -2.75. The first-order valence-corrected chi connectivity index (χ1v) is 13.5. The molecule has 0 radical (unpaired) electrons. The van der Waals surface area contributed by atoms with Crippen molar-refractivity contribution >= 4 is 41.3 Å². The normalized spacial score (nSPS) is 21.1. The molecule has 2 saturated heterocycles. The van der Waals surface area contributed by atoms with Gasteiger partial charge in [0, 0.05) is 5.56 Å². The van der Waals surface area contributed by atoms with Crippen molar-refractivity contribution in [2.24, 2.45) is 0 Å². The number of fused-ring (bicyclic) bond motifs is 2. The number of rotatable bonds is 7. The Morgan fingerprint density at radius 1 is 1.20 bits per heavy atom. The number of nitrogens with zero attached hydrogens (tertiary/aromatic N) is 2. The number of benzene rings is 1. The van der Waals surface area contributed by atoms with Crippen LogP contribution >= 0.6 is 24.2 Å². The summed E-state index contributed by atoms with van der Waals surface area (Å²) in [4.78, 5) is 27.5. The van der Waals surface area contributed by atoms with Crippen LogP contribution in [0.25, 0.3) is 11.2 Å². The second kappa shape index (κ2) is 14.8. The molecule has 2 fully saturated rings. The van der Waals surface area contributed by atoms with E-state index < -0.39 is 54.1 Å². The molecule has 0 bridgehead atoms. The monoisotopic (exact) mass is 604 g/mol. The van der Waals surface area contributed by atoms with Crippen molar-refractivity contribution in [1.82, 2.24) is 20.4 Å². The highest BCUT2D eigenvalue weighted by Gasteiger charge is 2.48. The van der Waals surface area contributed by atoms with Crippen LogP contribution in [0.3, 0.4) is 0 Å². The van der Waals surface area contributed by atoms with E-state index in [0.717, 1.165) is 17.9 Å². The number of carbonyl (C=O) groups is 1. The summed E-state index contributed by atoms with van der Waals surface area (Å²) in [5.74, 6) is -1.95. The second-order valence-electron chi connectivity index (χ2n) is 8.17. The van der Waals surface area contributed by atoms with Gasteiger partial charge in [-0.25, -0.2) is 14.3 Å². The Labute approximate surface area is 239 Å². The van der Waals surface area contributed by atoms with Gasteiger partial charge in [-0.15, -0.1) is 0 Å². The molecule has 1 amide bonds. The molecule has 0 aliphatic carbocycles. The average Bonchev–Trinajstić information content (AvgIpc) is 3.62. The SMILES string of the molecule is CC.CCS.CONC(=O)c1cc(F)c(COc2nc3nc(O[C@@H]4COC5[C@H](O)CO[C@@H]54)[nH]c3cc2Cl)c(F)c1. The minimum atomic E-state index is -0.991. The van der Waals surface area contributed by atoms with Crippen LogP contribution in [0, 0.1) is 11.6 Å². The van der Waals surface area contributed by atoms with E-state index in [4.69, 9.17) is 30.5 Å². The summed E-state index contributed by atoms with van der Waals surface area (Å²) in [6, 6.07) is 3.32. The van der Waals surface area contributed by atoms with Gasteiger partial charge in [-0.2, -0.15) is 22.6 Å². The highest BCUT2D eigenvalue weighted by molar-refractivity contribution is 7.80. The van der Waals surface area contributed by atoms with Crippen LogP contribution in [0.5, 0.6) is 11.9 Å². The van der Waals surface area contributed by atoms with E-state index in [9.17, 15) is 18.7 Å². The molecule has 4 atom stereocenters. The molecule has 40 heavy (non-hydrogen) atoms. The van der Waals surface area contributed by atoms with Gasteiger partial charge in [0.2, 0.25) is 5.88 Å². The number of imidazole rings is 1. The summed E-state index contributed by atoms with van der Waals surface area (Å²) in [5, 5.41) is 9.91. The van der Waals surface area contributed by atoms with Crippen molar-refractivity contribution in [2.75, 3.05) is 26.1 Å². The number of hydroxylamine groups is 1. The molecule has 3 N–H and O–H groups in total. The number of aromatic nitrogens is 3. The smallest absolute Gasteiger partial charge is 0.296 e. The van der Waals surface area contributed by atoms with Gasteiger partial charge in [0.25, 0.3) is 11.9 Å². The van der Waals surface area contributed by atoms with Crippen molar-refractivity contribution in [1.29, 1.82) is 0 Å². The van der Waals surface area contributed by atoms with E-state index in [1.54, 1.807) is 0 Å². The lowest BCUT2D eigenvalue weighted by Gasteiger charge is -2.15. The van der Waals surface area contributed by atoms with Crippen LogP contribution in [-0.2, 0) is 20.9 Å². The average molecular weight is 605 g/mol. The molecule has 5 rings (SSSR count). The Bertz CT molecular complexity index is 1280. The molecule has 0 saturated carbocycles. The van der Waals surface area contributed by atoms with Crippen molar-refractivity contribution in [3.8, 4) is 11.9 Å². The topological polar surface area (TPSA) is 137 Å². The molecule has 220 valence electrons. The number of aliphatic hydroxyl groups excluding tert-OH is 1. The molecule has 3 aromatic rings. The highest BCUT2D eigenvalue weighted by atomic mass is 35.5. The molecule has 2 aromatic heterocycles. The maximum absolute atomic E-state index is 14.4. The van der Waals surface area contributed by atoms with Gasteiger partial charge in [-0.3, -0.25) is 9.63 Å². The Kier molecular flexibility index (Phi) is 11.7. The third-order valence-electron chi connectivity index (χ3n) is 5.57. The van der Waals surface area contributed by atoms with Gasteiger partial charge < -0.3 is 29.0 Å². The molecular weight excluding hydrogens is 574 g/mol. The fourth-order valence-corrected chi connectivity index (χ4v) is 4.09. The molecule has 2 aliphatic rings. The lowest BCUT2D eigenvalue weighted by molar-refractivity contribution is 0.00706. The molecular formula is C25H31ClF2N4O7S. The predicted octanol–water partition coefficient (Wildman–Crippen LogP) is 3.63. The second-order valence-corrected chi connectivity index (χ2v) is 9.21. The molecule has 1 unspecified atom stereocenters. The van der Waals surface area contributed by atoms with Crippen LogP contribution in [0.1, 0.15) is 36.7 Å². The molecule has 2 aliphatic heterocycles. The van der Waals surface area contributed by atoms with E-state index in [0.29, 0.717) is 5.52 Å². The molecule has 15 heteroatoms. The molecule has 11 nitrogen and oxygen atoms in total. The zero-order valence-corrected chi connectivity index (χ0v) is 23.9.